The Bertz CT molecular complexity index is 1440. The molecule has 0 amide bonds. The number of aromatic nitrogens is 1. The van der Waals surface area contributed by atoms with Gasteiger partial charge in [0.2, 0.25) is 0 Å². The summed E-state index contributed by atoms with van der Waals surface area (Å²) in [6.45, 7) is 2.28. The van der Waals surface area contributed by atoms with Crippen LogP contribution < -0.4 is 0 Å². The van der Waals surface area contributed by atoms with Crippen molar-refractivity contribution >= 4 is 37.3 Å². The molecule has 1 aromatic heterocycles. The highest BCUT2D eigenvalue weighted by atomic mass is 32.2. The highest BCUT2D eigenvalue weighted by molar-refractivity contribution is 7.90. The monoisotopic (exact) mass is 428 g/mol. The van der Waals surface area contributed by atoms with Crippen LogP contribution in [-0.4, -0.2) is 36.4 Å². The minimum atomic E-state index is -3.72. The minimum Gasteiger partial charge on any atom is -0.297 e. The van der Waals surface area contributed by atoms with E-state index in [9.17, 15) is 8.42 Å². The lowest BCUT2D eigenvalue weighted by Gasteiger charge is -2.28. The summed E-state index contributed by atoms with van der Waals surface area (Å²) < 4.78 is 28.8. The highest BCUT2D eigenvalue weighted by Crippen LogP contribution is 2.33. The van der Waals surface area contributed by atoms with Crippen molar-refractivity contribution < 1.29 is 8.42 Å². The summed E-state index contributed by atoms with van der Waals surface area (Å²) in [5, 5.41) is 2.61. The van der Waals surface area contributed by atoms with Crippen molar-refractivity contribution in [2.45, 2.75) is 30.2 Å². The number of fused-ring (bicyclic) bond motifs is 3. The fourth-order valence-electron chi connectivity index (χ4n) is 5.18. The molecule has 1 atom stereocenters. The standard InChI is InChI=1S/C26H24N2O2S/c29-31(30,26-9-3-6-19-5-1-2-8-24(19)26)28-16-13-20-10-11-21(18-25(20)28)22-12-15-27-14-4-7-23(27)17-22/h1-3,5-6,8-11,13,16-18,23H,4,7,12,14-15H2/t23-/m0/s1. The van der Waals surface area contributed by atoms with E-state index in [0.717, 1.165) is 40.2 Å². The molecule has 0 spiro atoms. The van der Waals surface area contributed by atoms with Crippen LogP contribution in [0.3, 0.4) is 0 Å². The molecule has 2 aliphatic heterocycles. The lowest BCUT2D eigenvalue weighted by Crippen LogP contribution is -2.32. The summed E-state index contributed by atoms with van der Waals surface area (Å²) >= 11 is 0. The zero-order valence-electron chi connectivity index (χ0n) is 17.2. The van der Waals surface area contributed by atoms with Crippen LogP contribution in [0, 0.1) is 0 Å². The smallest absolute Gasteiger partial charge is 0.268 e. The van der Waals surface area contributed by atoms with Gasteiger partial charge in [-0.3, -0.25) is 4.90 Å². The number of hydrogen-bond acceptors (Lipinski definition) is 3. The van der Waals surface area contributed by atoms with Crippen LogP contribution in [0.1, 0.15) is 24.8 Å². The van der Waals surface area contributed by atoms with Crippen molar-refractivity contribution in [2.75, 3.05) is 13.1 Å². The van der Waals surface area contributed by atoms with Crippen LogP contribution in [-0.2, 0) is 10.0 Å². The molecule has 3 heterocycles. The molecule has 1 saturated heterocycles. The maximum Gasteiger partial charge on any atom is 0.268 e. The van der Waals surface area contributed by atoms with Gasteiger partial charge in [-0.15, -0.1) is 0 Å². The van der Waals surface area contributed by atoms with E-state index in [-0.39, 0.29) is 0 Å². The molecular weight excluding hydrogens is 404 g/mol. The molecule has 5 heteroatoms. The first kappa shape index (κ1) is 18.8. The van der Waals surface area contributed by atoms with E-state index in [4.69, 9.17) is 0 Å². The van der Waals surface area contributed by atoms with Crippen LogP contribution >= 0.6 is 0 Å². The van der Waals surface area contributed by atoms with Crippen molar-refractivity contribution in [1.29, 1.82) is 0 Å². The van der Waals surface area contributed by atoms with E-state index in [2.05, 4.69) is 23.1 Å². The van der Waals surface area contributed by atoms with Gasteiger partial charge in [0.15, 0.2) is 0 Å². The molecule has 3 aromatic carbocycles. The molecule has 2 aliphatic rings. The second-order valence-corrected chi connectivity index (χ2v) is 10.3. The maximum atomic E-state index is 13.7. The Morgan fingerprint density at radius 3 is 2.68 bits per heavy atom. The Kier molecular flexibility index (Phi) is 4.30. The van der Waals surface area contributed by atoms with Crippen molar-refractivity contribution in [1.82, 2.24) is 8.87 Å². The van der Waals surface area contributed by atoms with Crippen LogP contribution in [0.15, 0.2) is 83.9 Å². The lowest BCUT2D eigenvalue weighted by atomic mass is 9.95. The second-order valence-electron chi connectivity index (χ2n) is 8.55. The van der Waals surface area contributed by atoms with Gasteiger partial charge in [-0.25, -0.2) is 12.4 Å². The van der Waals surface area contributed by atoms with Gasteiger partial charge in [0.05, 0.1) is 10.4 Å². The van der Waals surface area contributed by atoms with Gasteiger partial charge in [-0.2, -0.15) is 0 Å². The van der Waals surface area contributed by atoms with Gasteiger partial charge in [0, 0.05) is 29.6 Å². The highest BCUT2D eigenvalue weighted by Gasteiger charge is 2.27. The van der Waals surface area contributed by atoms with Crippen LogP contribution in [0.2, 0.25) is 0 Å². The lowest BCUT2D eigenvalue weighted by molar-refractivity contribution is 0.288. The summed E-state index contributed by atoms with van der Waals surface area (Å²) in [7, 11) is -3.72. The molecular formula is C26H24N2O2S. The third kappa shape index (κ3) is 3.03. The molecule has 0 aliphatic carbocycles. The van der Waals surface area contributed by atoms with Gasteiger partial charge in [0.25, 0.3) is 10.0 Å². The van der Waals surface area contributed by atoms with Crippen molar-refractivity contribution in [3.05, 3.63) is 84.6 Å². The Hall–Kier alpha value is -2.89. The molecule has 31 heavy (non-hydrogen) atoms. The third-order valence-electron chi connectivity index (χ3n) is 6.79. The Labute approximate surface area is 182 Å². The largest absolute Gasteiger partial charge is 0.297 e. The first-order valence-electron chi connectivity index (χ1n) is 10.9. The Balaban J connectivity index is 1.48. The molecule has 6 rings (SSSR count). The number of hydrogen-bond donors (Lipinski definition) is 0. The molecule has 4 aromatic rings. The Morgan fingerprint density at radius 1 is 0.871 bits per heavy atom. The maximum absolute atomic E-state index is 13.7. The summed E-state index contributed by atoms with van der Waals surface area (Å²) in [5.41, 5.74) is 3.20. The van der Waals surface area contributed by atoms with Crippen molar-refractivity contribution in [3.8, 4) is 0 Å². The number of benzene rings is 3. The molecule has 4 nitrogen and oxygen atoms in total. The quantitative estimate of drug-likeness (QED) is 0.446. The predicted octanol–water partition coefficient (Wildman–Crippen LogP) is 5.28. The SMILES string of the molecule is O=S(=O)(c1cccc2ccccc12)n1ccc2ccc(C3=C[C@@H]4CCCN4CC3)cc21. The first-order valence-corrected chi connectivity index (χ1v) is 12.3. The fraction of sp³-hybridized carbons (Fsp3) is 0.231. The number of nitrogens with zero attached hydrogens (tertiary/aromatic N) is 2. The van der Waals surface area contributed by atoms with Crippen LogP contribution in [0.5, 0.6) is 0 Å². The van der Waals surface area contributed by atoms with E-state index < -0.39 is 10.0 Å². The van der Waals surface area contributed by atoms with E-state index in [1.165, 1.54) is 28.9 Å². The zero-order valence-corrected chi connectivity index (χ0v) is 18.1. The van der Waals surface area contributed by atoms with Gasteiger partial charge >= 0.3 is 0 Å². The van der Waals surface area contributed by atoms with Gasteiger partial charge in [-0.1, -0.05) is 54.6 Å². The average Bonchev–Trinajstić information content (AvgIpc) is 3.44. The summed E-state index contributed by atoms with van der Waals surface area (Å²) in [5.74, 6) is 0. The van der Waals surface area contributed by atoms with Gasteiger partial charge < -0.3 is 0 Å². The van der Waals surface area contributed by atoms with E-state index in [1.807, 2.05) is 48.5 Å². The second kappa shape index (κ2) is 7.08. The molecule has 0 radical (unpaired) electrons. The van der Waals surface area contributed by atoms with E-state index >= 15 is 0 Å². The van der Waals surface area contributed by atoms with Crippen LogP contribution in [0.4, 0.5) is 0 Å². The fourth-order valence-corrected chi connectivity index (χ4v) is 6.74. The number of rotatable bonds is 3. The third-order valence-corrected chi connectivity index (χ3v) is 8.54. The Morgan fingerprint density at radius 2 is 1.74 bits per heavy atom. The van der Waals surface area contributed by atoms with Gasteiger partial charge in [0.1, 0.15) is 0 Å². The van der Waals surface area contributed by atoms with Crippen LogP contribution in [0.25, 0.3) is 27.2 Å². The van der Waals surface area contributed by atoms with E-state index in [1.54, 1.807) is 12.3 Å². The zero-order chi connectivity index (χ0) is 21.0. The molecule has 0 saturated carbocycles. The topological polar surface area (TPSA) is 42.3 Å². The average molecular weight is 429 g/mol. The summed E-state index contributed by atoms with van der Waals surface area (Å²) in [4.78, 5) is 2.89. The molecule has 156 valence electrons. The van der Waals surface area contributed by atoms with Crippen molar-refractivity contribution in [3.63, 3.8) is 0 Å². The van der Waals surface area contributed by atoms with Gasteiger partial charge in [-0.05, 0) is 60.5 Å². The van der Waals surface area contributed by atoms with E-state index in [0.29, 0.717) is 10.9 Å². The molecule has 0 N–H and O–H groups in total. The summed E-state index contributed by atoms with van der Waals surface area (Å²) in [6.07, 6.45) is 7.57. The molecule has 0 unspecified atom stereocenters. The first-order chi connectivity index (χ1) is 15.1. The summed E-state index contributed by atoms with van der Waals surface area (Å²) in [6, 6.07) is 21.7. The van der Waals surface area contributed by atoms with Crippen molar-refractivity contribution in [2.24, 2.45) is 0 Å². The predicted molar refractivity (Wildman–Crippen MR) is 126 cm³/mol. The normalized spacial score (nSPS) is 19.6. The molecule has 0 bridgehead atoms. The molecule has 1 fully saturated rings. The minimum absolute atomic E-state index is 0.340.